The minimum Gasteiger partial charge on any atom is -0.383 e. The largest absolute Gasteiger partial charge is 0.383 e. The van der Waals surface area contributed by atoms with Crippen molar-refractivity contribution >= 4 is 5.91 Å². The van der Waals surface area contributed by atoms with E-state index in [4.69, 9.17) is 4.74 Å². The molecule has 0 aliphatic carbocycles. The highest BCUT2D eigenvalue weighted by Gasteiger charge is 2.36. The summed E-state index contributed by atoms with van der Waals surface area (Å²) in [6.45, 7) is 7.61. The van der Waals surface area contributed by atoms with Gasteiger partial charge in [-0.2, -0.15) is 0 Å². The normalized spacial score (nSPS) is 22.9. The molecule has 0 unspecified atom stereocenters. The zero-order valence-electron chi connectivity index (χ0n) is 16.6. The molecule has 0 spiro atoms. The van der Waals surface area contributed by atoms with E-state index in [1.165, 1.54) is 6.42 Å². The molecule has 3 aliphatic heterocycles. The molecule has 3 saturated heterocycles. The molecular formula is C22H30N2O3. The molecule has 27 heavy (non-hydrogen) atoms. The lowest BCUT2D eigenvalue weighted by Gasteiger charge is -2.35. The number of benzene rings is 1. The highest BCUT2D eigenvalue weighted by atomic mass is 16.5. The van der Waals surface area contributed by atoms with Crippen LogP contribution in [0.4, 0.5) is 0 Å². The number of carbonyl (C=O) groups is 1. The maximum atomic E-state index is 13.1. The van der Waals surface area contributed by atoms with Gasteiger partial charge in [0.15, 0.2) is 0 Å². The summed E-state index contributed by atoms with van der Waals surface area (Å²) in [4.78, 5) is 17.6. The van der Waals surface area contributed by atoms with E-state index in [2.05, 4.69) is 16.7 Å². The standard InChI is InChI=1S/C22H30N2O3/c1-22(2,26)10-9-17-5-4-6-19(13-17)21(25)24-15-18-7-8-20(16-24)23(14-18)11-12-27-3/h4-6,13,18,20,26H,7-8,11-12,14-16H2,1-3H3/t18-,20-/m1/s1. The zero-order chi connectivity index (χ0) is 19.4. The van der Waals surface area contributed by atoms with Crippen LogP contribution in [0.3, 0.4) is 0 Å². The van der Waals surface area contributed by atoms with E-state index in [0.29, 0.717) is 17.5 Å². The van der Waals surface area contributed by atoms with Crippen LogP contribution in [0, 0.1) is 17.8 Å². The Labute approximate surface area is 162 Å². The smallest absolute Gasteiger partial charge is 0.253 e. The highest BCUT2D eigenvalue weighted by Crippen LogP contribution is 2.28. The van der Waals surface area contributed by atoms with E-state index < -0.39 is 5.60 Å². The first-order chi connectivity index (χ1) is 12.9. The van der Waals surface area contributed by atoms with Gasteiger partial charge < -0.3 is 14.7 Å². The molecule has 1 aromatic carbocycles. The van der Waals surface area contributed by atoms with Crippen molar-refractivity contribution in [3.05, 3.63) is 35.4 Å². The SMILES string of the molecule is COCCN1C[C@H]2CC[C@@H]1CN(C(=O)c1cccc(C#CC(C)(C)O)c1)C2. The van der Waals surface area contributed by atoms with E-state index >= 15 is 0 Å². The molecule has 2 atom stereocenters. The average Bonchev–Trinajstić information content (AvgIpc) is 2.95. The quantitative estimate of drug-likeness (QED) is 0.824. The fourth-order valence-electron chi connectivity index (χ4n) is 3.96. The average molecular weight is 370 g/mol. The second-order valence-corrected chi connectivity index (χ2v) is 8.18. The summed E-state index contributed by atoms with van der Waals surface area (Å²) in [6.07, 6.45) is 2.34. The second kappa shape index (κ2) is 8.43. The Bertz CT molecular complexity index is 729. The first kappa shape index (κ1) is 19.9. The Balaban J connectivity index is 1.73. The van der Waals surface area contributed by atoms with Crippen LogP contribution < -0.4 is 0 Å². The van der Waals surface area contributed by atoms with Gasteiger partial charge in [-0.1, -0.05) is 17.9 Å². The van der Waals surface area contributed by atoms with Crippen molar-refractivity contribution in [2.75, 3.05) is 39.9 Å². The molecule has 3 heterocycles. The van der Waals surface area contributed by atoms with E-state index in [0.717, 1.165) is 44.8 Å². The van der Waals surface area contributed by atoms with Crippen molar-refractivity contribution in [1.82, 2.24) is 9.80 Å². The molecule has 1 amide bonds. The number of amides is 1. The molecule has 146 valence electrons. The van der Waals surface area contributed by atoms with Crippen molar-refractivity contribution in [1.29, 1.82) is 0 Å². The van der Waals surface area contributed by atoms with Crippen LogP contribution in [0.15, 0.2) is 24.3 Å². The van der Waals surface area contributed by atoms with Gasteiger partial charge in [0, 0.05) is 50.5 Å². The molecule has 5 nitrogen and oxygen atoms in total. The maximum Gasteiger partial charge on any atom is 0.253 e. The van der Waals surface area contributed by atoms with Crippen molar-refractivity contribution < 1.29 is 14.6 Å². The fraction of sp³-hybridized carbons (Fsp3) is 0.591. The summed E-state index contributed by atoms with van der Waals surface area (Å²) in [5.74, 6) is 6.37. The molecule has 1 aromatic rings. The van der Waals surface area contributed by atoms with Gasteiger partial charge in [-0.25, -0.2) is 0 Å². The van der Waals surface area contributed by atoms with E-state index in [-0.39, 0.29) is 5.91 Å². The van der Waals surface area contributed by atoms with Crippen LogP contribution in [0.5, 0.6) is 0 Å². The number of nitrogens with zero attached hydrogens (tertiary/aromatic N) is 2. The summed E-state index contributed by atoms with van der Waals surface area (Å²) in [7, 11) is 1.74. The number of carbonyl (C=O) groups excluding carboxylic acids is 1. The Kier molecular flexibility index (Phi) is 6.21. The Morgan fingerprint density at radius 3 is 2.85 bits per heavy atom. The summed E-state index contributed by atoms with van der Waals surface area (Å²) >= 11 is 0. The Morgan fingerprint density at radius 2 is 2.11 bits per heavy atom. The van der Waals surface area contributed by atoms with E-state index in [1.807, 2.05) is 29.2 Å². The summed E-state index contributed by atoms with van der Waals surface area (Å²) < 4.78 is 5.24. The monoisotopic (exact) mass is 370 g/mol. The van der Waals surface area contributed by atoms with Crippen LogP contribution in [-0.2, 0) is 4.74 Å². The van der Waals surface area contributed by atoms with Crippen LogP contribution >= 0.6 is 0 Å². The minimum atomic E-state index is -1.05. The number of ether oxygens (including phenoxy) is 1. The van der Waals surface area contributed by atoms with Crippen molar-refractivity contribution in [2.45, 2.75) is 38.3 Å². The summed E-state index contributed by atoms with van der Waals surface area (Å²) in [5.41, 5.74) is 0.375. The minimum absolute atomic E-state index is 0.0763. The van der Waals surface area contributed by atoms with Crippen LogP contribution in [0.25, 0.3) is 0 Å². The lowest BCUT2D eigenvalue weighted by molar-refractivity contribution is 0.0717. The molecule has 5 heteroatoms. The Morgan fingerprint density at radius 1 is 1.30 bits per heavy atom. The first-order valence-corrected chi connectivity index (χ1v) is 9.73. The molecule has 0 radical (unpaired) electrons. The number of aliphatic hydroxyl groups is 1. The van der Waals surface area contributed by atoms with Gasteiger partial charge in [0.25, 0.3) is 5.91 Å². The molecule has 0 saturated carbocycles. The highest BCUT2D eigenvalue weighted by molar-refractivity contribution is 5.94. The second-order valence-electron chi connectivity index (χ2n) is 8.18. The molecule has 2 bridgehead atoms. The molecule has 3 aliphatic rings. The summed E-state index contributed by atoms with van der Waals surface area (Å²) in [6, 6.07) is 7.83. The van der Waals surface area contributed by atoms with Crippen LogP contribution in [-0.4, -0.2) is 72.4 Å². The fourth-order valence-corrected chi connectivity index (χ4v) is 3.96. The number of methoxy groups -OCH3 is 1. The van der Waals surface area contributed by atoms with Gasteiger partial charge in [-0.3, -0.25) is 9.69 Å². The third-order valence-corrected chi connectivity index (χ3v) is 5.32. The van der Waals surface area contributed by atoms with Crippen molar-refractivity contribution in [3.8, 4) is 11.8 Å². The molecule has 4 rings (SSSR count). The topological polar surface area (TPSA) is 53.0 Å². The summed E-state index contributed by atoms with van der Waals surface area (Å²) in [5, 5.41) is 9.78. The van der Waals surface area contributed by atoms with Gasteiger partial charge in [-0.05, 0) is 50.8 Å². The van der Waals surface area contributed by atoms with Crippen molar-refractivity contribution in [3.63, 3.8) is 0 Å². The van der Waals surface area contributed by atoms with Gasteiger partial charge in [0.2, 0.25) is 0 Å². The predicted octanol–water partition coefficient (Wildman–Crippen LogP) is 1.99. The lowest BCUT2D eigenvalue weighted by atomic mass is 9.95. The number of rotatable bonds is 4. The van der Waals surface area contributed by atoms with Gasteiger partial charge in [0.05, 0.1) is 6.61 Å². The Hall–Kier alpha value is -1.87. The van der Waals surface area contributed by atoms with Crippen molar-refractivity contribution in [2.24, 2.45) is 5.92 Å². The molecule has 0 aromatic heterocycles. The number of hydrogen-bond acceptors (Lipinski definition) is 4. The maximum absolute atomic E-state index is 13.1. The van der Waals surface area contributed by atoms with E-state index in [1.54, 1.807) is 21.0 Å². The van der Waals surface area contributed by atoms with Gasteiger partial charge in [0.1, 0.15) is 5.60 Å². The first-order valence-electron chi connectivity index (χ1n) is 9.73. The van der Waals surface area contributed by atoms with Gasteiger partial charge >= 0.3 is 0 Å². The third kappa shape index (κ3) is 5.32. The number of piperidine rings is 1. The van der Waals surface area contributed by atoms with Gasteiger partial charge in [-0.15, -0.1) is 0 Å². The molecule has 3 fully saturated rings. The number of hydrogen-bond donors (Lipinski definition) is 1. The zero-order valence-corrected chi connectivity index (χ0v) is 16.6. The lowest BCUT2D eigenvalue weighted by Crippen LogP contribution is -2.45. The van der Waals surface area contributed by atoms with Crippen LogP contribution in [0.2, 0.25) is 0 Å². The van der Waals surface area contributed by atoms with Crippen LogP contribution in [0.1, 0.15) is 42.6 Å². The number of fused-ring (bicyclic) bond motifs is 4. The third-order valence-electron chi connectivity index (χ3n) is 5.32. The van der Waals surface area contributed by atoms with E-state index in [9.17, 15) is 9.90 Å². The predicted molar refractivity (Wildman–Crippen MR) is 105 cm³/mol. The molecule has 1 N–H and O–H groups in total. The molecular weight excluding hydrogens is 340 g/mol.